The second-order valence-electron chi connectivity index (χ2n) is 5.93. The maximum atomic E-state index is 12.1. The van der Waals surface area contributed by atoms with Crippen molar-refractivity contribution >= 4 is 11.9 Å². The lowest BCUT2D eigenvalue weighted by atomic mass is 9.84. The van der Waals surface area contributed by atoms with E-state index in [1.54, 1.807) is 13.8 Å². The van der Waals surface area contributed by atoms with E-state index >= 15 is 0 Å². The Morgan fingerprint density at radius 2 is 2.05 bits per heavy atom. The highest BCUT2D eigenvalue weighted by molar-refractivity contribution is 5.87. The minimum Gasteiger partial charge on any atom is -0.480 e. The Kier molecular flexibility index (Phi) is 6.46. The minimum atomic E-state index is -1.11. The van der Waals surface area contributed by atoms with Crippen molar-refractivity contribution in [3.05, 3.63) is 0 Å². The number of carboxylic acid groups (broad SMARTS) is 1. The van der Waals surface area contributed by atoms with Crippen molar-refractivity contribution in [1.82, 2.24) is 10.6 Å². The number of carbonyl (C=O) groups is 2. The van der Waals surface area contributed by atoms with E-state index < -0.39 is 11.5 Å². The zero-order valence-electron chi connectivity index (χ0n) is 12.9. The van der Waals surface area contributed by atoms with Crippen LogP contribution in [0.15, 0.2) is 0 Å². The molecule has 2 atom stereocenters. The van der Waals surface area contributed by atoms with Gasteiger partial charge in [-0.25, -0.2) is 4.79 Å². The molecule has 0 saturated carbocycles. The number of hydrogen-bond acceptors (Lipinski definition) is 3. The third kappa shape index (κ3) is 4.20. The molecule has 1 saturated heterocycles. The van der Waals surface area contributed by atoms with E-state index in [4.69, 9.17) is 0 Å². The SMILES string of the molecule is CCC(CC)(NC(=O)CC(C)C1CCCNC1)C(=O)O. The highest BCUT2D eigenvalue weighted by Crippen LogP contribution is 2.23. The minimum absolute atomic E-state index is 0.144. The first kappa shape index (κ1) is 17.0. The Labute approximate surface area is 121 Å². The molecule has 5 nitrogen and oxygen atoms in total. The lowest BCUT2D eigenvalue weighted by Crippen LogP contribution is -2.54. The van der Waals surface area contributed by atoms with E-state index in [1.165, 1.54) is 0 Å². The zero-order valence-corrected chi connectivity index (χ0v) is 12.9. The van der Waals surface area contributed by atoms with Crippen molar-refractivity contribution < 1.29 is 14.7 Å². The van der Waals surface area contributed by atoms with Crippen LogP contribution in [0.3, 0.4) is 0 Å². The molecule has 1 fully saturated rings. The molecule has 0 spiro atoms. The van der Waals surface area contributed by atoms with Crippen molar-refractivity contribution in [2.24, 2.45) is 11.8 Å². The van der Waals surface area contributed by atoms with Gasteiger partial charge in [-0.05, 0) is 50.6 Å². The first-order valence-corrected chi connectivity index (χ1v) is 7.70. The van der Waals surface area contributed by atoms with E-state index in [-0.39, 0.29) is 11.8 Å². The summed E-state index contributed by atoms with van der Waals surface area (Å²) in [6.45, 7) is 7.69. The Hall–Kier alpha value is -1.10. The number of nitrogens with one attached hydrogen (secondary N) is 2. The molecule has 20 heavy (non-hydrogen) atoms. The zero-order chi connectivity index (χ0) is 15.2. The van der Waals surface area contributed by atoms with Gasteiger partial charge >= 0.3 is 5.97 Å². The van der Waals surface area contributed by atoms with Gasteiger partial charge in [0, 0.05) is 6.42 Å². The maximum Gasteiger partial charge on any atom is 0.329 e. The molecule has 0 aromatic rings. The van der Waals surface area contributed by atoms with Crippen LogP contribution in [0.25, 0.3) is 0 Å². The molecule has 1 heterocycles. The second-order valence-corrected chi connectivity index (χ2v) is 5.93. The Bertz CT molecular complexity index is 334. The predicted octanol–water partition coefficient (Wildman–Crippen LogP) is 1.77. The number of carbonyl (C=O) groups excluding carboxylic acids is 1. The van der Waals surface area contributed by atoms with Crippen molar-refractivity contribution in [3.63, 3.8) is 0 Å². The molecule has 1 aliphatic heterocycles. The molecule has 2 unspecified atom stereocenters. The smallest absolute Gasteiger partial charge is 0.329 e. The van der Waals surface area contributed by atoms with E-state index in [0.717, 1.165) is 25.9 Å². The van der Waals surface area contributed by atoms with Crippen LogP contribution in [0.2, 0.25) is 0 Å². The van der Waals surface area contributed by atoms with Crippen LogP contribution >= 0.6 is 0 Å². The van der Waals surface area contributed by atoms with Gasteiger partial charge in [-0.15, -0.1) is 0 Å². The summed E-state index contributed by atoms with van der Waals surface area (Å²) in [5.41, 5.74) is -1.11. The number of piperidine rings is 1. The molecule has 0 aliphatic carbocycles. The fourth-order valence-corrected chi connectivity index (χ4v) is 2.92. The molecule has 1 aliphatic rings. The largest absolute Gasteiger partial charge is 0.480 e. The maximum absolute atomic E-state index is 12.1. The standard InChI is InChI=1S/C15H28N2O3/c1-4-15(5-2,14(19)20)17-13(18)9-11(3)12-7-6-8-16-10-12/h11-12,16H,4-10H2,1-3H3,(H,17,18)(H,19,20). The summed E-state index contributed by atoms with van der Waals surface area (Å²) < 4.78 is 0. The second kappa shape index (κ2) is 7.62. The van der Waals surface area contributed by atoms with Gasteiger partial charge in [0.05, 0.1) is 0 Å². The van der Waals surface area contributed by atoms with Crippen LogP contribution in [0.4, 0.5) is 0 Å². The third-order valence-corrected chi connectivity index (χ3v) is 4.64. The summed E-state index contributed by atoms with van der Waals surface area (Å²) in [6.07, 6.45) is 3.52. The van der Waals surface area contributed by atoms with E-state index in [0.29, 0.717) is 25.2 Å². The van der Waals surface area contributed by atoms with Crippen molar-refractivity contribution in [1.29, 1.82) is 0 Å². The molecule has 0 bridgehead atoms. The van der Waals surface area contributed by atoms with E-state index in [2.05, 4.69) is 17.6 Å². The average molecular weight is 284 g/mol. The molecule has 116 valence electrons. The summed E-state index contributed by atoms with van der Waals surface area (Å²) in [7, 11) is 0. The summed E-state index contributed by atoms with van der Waals surface area (Å²) >= 11 is 0. The van der Waals surface area contributed by atoms with Crippen LogP contribution in [0.5, 0.6) is 0 Å². The van der Waals surface area contributed by atoms with Gasteiger partial charge in [0.15, 0.2) is 0 Å². The number of aliphatic carboxylic acids is 1. The number of amides is 1. The van der Waals surface area contributed by atoms with Gasteiger partial charge in [-0.2, -0.15) is 0 Å². The molecular weight excluding hydrogens is 256 g/mol. The average Bonchev–Trinajstić information content (AvgIpc) is 2.45. The monoisotopic (exact) mass is 284 g/mol. The number of rotatable bonds is 7. The summed E-state index contributed by atoms with van der Waals surface area (Å²) in [6, 6.07) is 0. The van der Waals surface area contributed by atoms with Crippen LogP contribution in [0, 0.1) is 11.8 Å². The van der Waals surface area contributed by atoms with Gasteiger partial charge in [0.2, 0.25) is 5.91 Å². The van der Waals surface area contributed by atoms with Gasteiger partial charge in [0.25, 0.3) is 0 Å². The molecular formula is C15H28N2O3. The lowest BCUT2D eigenvalue weighted by Gasteiger charge is -2.31. The van der Waals surface area contributed by atoms with Gasteiger partial charge < -0.3 is 15.7 Å². The van der Waals surface area contributed by atoms with Gasteiger partial charge in [-0.1, -0.05) is 20.8 Å². The molecule has 1 rings (SSSR count). The summed E-state index contributed by atoms with van der Waals surface area (Å²) in [5, 5.41) is 15.4. The van der Waals surface area contributed by atoms with Crippen molar-refractivity contribution in [3.8, 4) is 0 Å². The van der Waals surface area contributed by atoms with Crippen LogP contribution in [0.1, 0.15) is 52.9 Å². The normalized spacial score (nSPS) is 21.2. The van der Waals surface area contributed by atoms with Gasteiger partial charge in [0.1, 0.15) is 5.54 Å². The van der Waals surface area contributed by atoms with Crippen molar-refractivity contribution in [2.75, 3.05) is 13.1 Å². The van der Waals surface area contributed by atoms with Crippen LogP contribution in [-0.4, -0.2) is 35.6 Å². The highest BCUT2D eigenvalue weighted by Gasteiger charge is 2.36. The molecule has 5 heteroatoms. The van der Waals surface area contributed by atoms with Crippen LogP contribution < -0.4 is 10.6 Å². The Morgan fingerprint density at radius 1 is 1.40 bits per heavy atom. The third-order valence-electron chi connectivity index (χ3n) is 4.64. The first-order chi connectivity index (χ1) is 9.45. The first-order valence-electron chi connectivity index (χ1n) is 7.70. The highest BCUT2D eigenvalue weighted by atomic mass is 16.4. The van der Waals surface area contributed by atoms with Crippen molar-refractivity contribution in [2.45, 2.75) is 58.4 Å². The summed E-state index contributed by atoms with van der Waals surface area (Å²) in [4.78, 5) is 23.5. The molecule has 0 aromatic carbocycles. The van der Waals surface area contributed by atoms with Gasteiger partial charge in [-0.3, -0.25) is 4.79 Å². The number of carboxylic acids is 1. The topological polar surface area (TPSA) is 78.4 Å². The molecule has 1 amide bonds. The molecule has 0 radical (unpaired) electrons. The summed E-state index contributed by atoms with van der Waals surface area (Å²) in [5.74, 6) is -0.294. The quantitative estimate of drug-likeness (QED) is 0.666. The molecule has 0 aromatic heterocycles. The molecule has 3 N–H and O–H groups in total. The van der Waals surface area contributed by atoms with Crippen LogP contribution in [-0.2, 0) is 9.59 Å². The van der Waals surface area contributed by atoms with E-state index in [9.17, 15) is 14.7 Å². The lowest BCUT2D eigenvalue weighted by molar-refractivity contribution is -0.148. The van der Waals surface area contributed by atoms with E-state index in [1.807, 2.05) is 0 Å². The Balaban J connectivity index is 2.54. The Morgan fingerprint density at radius 3 is 2.50 bits per heavy atom. The fourth-order valence-electron chi connectivity index (χ4n) is 2.92. The number of hydrogen-bond donors (Lipinski definition) is 3. The fraction of sp³-hybridized carbons (Fsp3) is 0.867. The predicted molar refractivity (Wildman–Crippen MR) is 78.5 cm³/mol.